The zero-order valence-electron chi connectivity index (χ0n) is 32.1. The number of rotatable bonds is 6. The van der Waals surface area contributed by atoms with Crippen LogP contribution in [0.25, 0.3) is 76.9 Å². The molecule has 10 rings (SSSR count). The average molecular weight is 668 g/mol. The number of benzene rings is 9. The Kier molecular flexibility index (Phi) is 6.22. The molecule has 0 radical (unpaired) electrons. The Labute approximate surface area is 308 Å². The number of hydrogen-bond acceptors (Lipinski definition) is 2. The summed E-state index contributed by atoms with van der Waals surface area (Å²) in [5.74, 6) is 0. The minimum atomic E-state index is -0.137. The van der Waals surface area contributed by atoms with Crippen LogP contribution in [0.4, 0.5) is 17.1 Å². The van der Waals surface area contributed by atoms with Gasteiger partial charge in [-0.1, -0.05) is 152 Å². The Bertz CT molecular complexity index is 2970. The van der Waals surface area contributed by atoms with Crippen LogP contribution in [-0.4, -0.2) is 0 Å². The number of hydrogen-bond donors (Lipinski definition) is 0. The molecule has 0 bridgehead atoms. The fraction of sp³-hybridized carbons (Fsp3) is 0. The standard InChI is InChI=1S/C50H33NO/c1-3-14-42-34(10-1)12-7-17-44(42)36-22-28-39(29-23-36)51(40-30-24-37(25-31-40)45-18-8-13-35-11-2-4-15-43(35)45)41-32-26-38(27-33-41)46-19-9-21-49-50(46)47-16-5-6-20-48(47)52-49/h1-33H/i26D,27D,32D,33D. The summed E-state index contributed by atoms with van der Waals surface area (Å²) < 4.78 is 44.2. The molecule has 2 nitrogen and oxygen atoms in total. The van der Waals surface area contributed by atoms with Crippen LogP contribution in [0.1, 0.15) is 5.48 Å². The van der Waals surface area contributed by atoms with Crippen molar-refractivity contribution in [3.63, 3.8) is 0 Å². The number of nitrogens with zero attached hydrogens (tertiary/aromatic N) is 1. The Balaban J connectivity index is 1.15. The van der Waals surface area contributed by atoms with Gasteiger partial charge >= 0.3 is 0 Å². The van der Waals surface area contributed by atoms with Gasteiger partial charge in [0.15, 0.2) is 0 Å². The molecule has 0 fully saturated rings. The minimum absolute atomic E-state index is 0.122. The first-order valence-electron chi connectivity index (χ1n) is 19.4. The first kappa shape index (κ1) is 26.0. The van der Waals surface area contributed by atoms with Gasteiger partial charge in [-0.15, -0.1) is 0 Å². The molecular formula is C50H33NO. The van der Waals surface area contributed by atoms with E-state index >= 15 is 0 Å². The van der Waals surface area contributed by atoms with Crippen molar-refractivity contribution in [3.8, 4) is 33.4 Å². The van der Waals surface area contributed by atoms with Crippen molar-refractivity contribution >= 4 is 60.5 Å². The van der Waals surface area contributed by atoms with E-state index in [0.29, 0.717) is 28.1 Å². The van der Waals surface area contributed by atoms with E-state index in [4.69, 9.17) is 4.42 Å². The zero-order valence-corrected chi connectivity index (χ0v) is 28.1. The first-order chi connectivity index (χ1) is 27.5. The molecule has 9 aromatic carbocycles. The van der Waals surface area contributed by atoms with E-state index in [1.54, 1.807) is 0 Å². The summed E-state index contributed by atoms with van der Waals surface area (Å²) in [4.78, 5) is 1.85. The highest BCUT2D eigenvalue weighted by molar-refractivity contribution is 6.12. The Morgan fingerprint density at radius 1 is 0.346 bits per heavy atom. The largest absolute Gasteiger partial charge is 0.456 e. The van der Waals surface area contributed by atoms with Crippen LogP contribution < -0.4 is 4.90 Å². The fourth-order valence-electron chi connectivity index (χ4n) is 7.48. The van der Waals surface area contributed by atoms with Crippen LogP contribution in [0.2, 0.25) is 0 Å². The summed E-state index contributed by atoms with van der Waals surface area (Å²) in [7, 11) is 0. The summed E-state index contributed by atoms with van der Waals surface area (Å²) >= 11 is 0. The molecule has 0 amide bonds. The van der Waals surface area contributed by atoms with E-state index in [1.807, 2.05) is 95.9 Å². The highest BCUT2D eigenvalue weighted by Gasteiger charge is 2.16. The third-order valence-electron chi connectivity index (χ3n) is 9.96. The van der Waals surface area contributed by atoms with Crippen molar-refractivity contribution in [2.45, 2.75) is 0 Å². The summed E-state index contributed by atoms with van der Waals surface area (Å²) in [6, 6.07) is 58.2. The fourth-order valence-corrected chi connectivity index (χ4v) is 7.48. The zero-order chi connectivity index (χ0) is 37.9. The molecule has 0 N–H and O–H groups in total. The maximum atomic E-state index is 9.56. The Morgan fingerprint density at radius 3 is 1.40 bits per heavy atom. The van der Waals surface area contributed by atoms with Gasteiger partial charge in [0.25, 0.3) is 0 Å². The summed E-state index contributed by atoms with van der Waals surface area (Å²) in [6.07, 6.45) is 0. The second-order valence-corrected chi connectivity index (χ2v) is 13.0. The van der Waals surface area contributed by atoms with Gasteiger partial charge in [0.05, 0.1) is 5.48 Å². The molecule has 0 saturated heterocycles. The Morgan fingerprint density at radius 2 is 0.808 bits per heavy atom. The van der Waals surface area contributed by atoms with Gasteiger partial charge in [-0.2, -0.15) is 0 Å². The highest BCUT2D eigenvalue weighted by atomic mass is 16.3. The summed E-state index contributed by atoms with van der Waals surface area (Å²) in [5.41, 5.74) is 8.04. The second-order valence-electron chi connectivity index (χ2n) is 13.0. The minimum Gasteiger partial charge on any atom is -0.456 e. The summed E-state index contributed by atoms with van der Waals surface area (Å²) in [6.45, 7) is 0. The SMILES string of the molecule is [2H]c1c([2H])c(N(c2ccc(-c3cccc4ccccc34)cc2)c2ccc(-c3cccc4ccccc34)cc2)c([2H])c([2H])c1-c1cccc2oc3ccccc3c12. The maximum absolute atomic E-state index is 9.56. The van der Waals surface area contributed by atoms with Crippen LogP contribution in [-0.2, 0) is 0 Å². The van der Waals surface area contributed by atoms with Crippen LogP contribution in [0.3, 0.4) is 0 Å². The molecule has 0 spiro atoms. The van der Waals surface area contributed by atoms with Crippen LogP contribution in [0, 0.1) is 0 Å². The highest BCUT2D eigenvalue weighted by Crippen LogP contribution is 2.41. The predicted molar refractivity (Wildman–Crippen MR) is 220 cm³/mol. The average Bonchev–Trinajstić information content (AvgIpc) is 3.64. The quantitative estimate of drug-likeness (QED) is 0.175. The van der Waals surface area contributed by atoms with E-state index < -0.39 is 0 Å². The molecule has 0 saturated carbocycles. The predicted octanol–water partition coefficient (Wildman–Crippen LogP) is 14.4. The molecule has 0 aliphatic rings. The molecule has 2 heteroatoms. The molecule has 0 atom stereocenters. The van der Waals surface area contributed by atoms with E-state index in [2.05, 4.69) is 84.9 Å². The van der Waals surface area contributed by atoms with Crippen molar-refractivity contribution in [1.82, 2.24) is 0 Å². The van der Waals surface area contributed by atoms with Crippen LogP contribution in [0.5, 0.6) is 0 Å². The van der Waals surface area contributed by atoms with E-state index in [1.165, 1.54) is 0 Å². The first-order valence-corrected chi connectivity index (χ1v) is 17.4. The van der Waals surface area contributed by atoms with Gasteiger partial charge in [-0.25, -0.2) is 0 Å². The number of fused-ring (bicyclic) bond motifs is 5. The van der Waals surface area contributed by atoms with Gasteiger partial charge in [0.1, 0.15) is 11.2 Å². The van der Waals surface area contributed by atoms with E-state index in [-0.39, 0.29) is 35.4 Å². The molecule has 1 aromatic heterocycles. The second kappa shape index (κ2) is 12.5. The summed E-state index contributed by atoms with van der Waals surface area (Å²) in [5, 5.41) is 6.24. The van der Waals surface area contributed by atoms with Crippen molar-refractivity contribution in [2.24, 2.45) is 0 Å². The van der Waals surface area contributed by atoms with Gasteiger partial charge in [0, 0.05) is 27.8 Å². The topological polar surface area (TPSA) is 16.4 Å². The molecule has 0 unspecified atom stereocenters. The normalized spacial score (nSPS) is 12.5. The Hall–Kier alpha value is -6.90. The smallest absolute Gasteiger partial charge is 0.136 e. The van der Waals surface area contributed by atoms with Gasteiger partial charge < -0.3 is 9.32 Å². The molecule has 0 aliphatic carbocycles. The van der Waals surface area contributed by atoms with Gasteiger partial charge in [0.2, 0.25) is 0 Å². The molecular weight excluding hydrogens is 631 g/mol. The third kappa shape index (κ3) is 5.12. The molecule has 10 aromatic rings. The number of anilines is 3. The number of para-hydroxylation sites is 1. The molecule has 0 aliphatic heterocycles. The van der Waals surface area contributed by atoms with Crippen LogP contribution >= 0.6 is 0 Å². The lowest BCUT2D eigenvalue weighted by molar-refractivity contribution is 0.669. The molecule has 52 heavy (non-hydrogen) atoms. The monoisotopic (exact) mass is 667 g/mol. The molecule has 244 valence electrons. The lowest BCUT2D eigenvalue weighted by Gasteiger charge is -2.26. The lowest BCUT2D eigenvalue weighted by Crippen LogP contribution is -2.09. The van der Waals surface area contributed by atoms with Crippen molar-refractivity contribution in [3.05, 3.63) is 200 Å². The molecule has 1 heterocycles. The van der Waals surface area contributed by atoms with Crippen molar-refractivity contribution in [1.29, 1.82) is 0 Å². The third-order valence-corrected chi connectivity index (χ3v) is 9.96. The number of furan rings is 1. The van der Waals surface area contributed by atoms with Crippen molar-refractivity contribution < 1.29 is 9.90 Å². The van der Waals surface area contributed by atoms with Gasteiger partial charge in [-0.3, -0.25) is 0 Å². The van der Waals surface area contributed by atoms with E-state index in [0.717, 1.165) is 54.6 Å². The van der Waals surface area contributed by atoms with E-state index in [9.17, 15) is 5.48 Å². The lowest BCUT2D eigenvalue weighted by atomic mass is 9.97. The van der Waals surface area contributed by atoms with Crippen molar-refractivity contribution in [2.75, 3.05) is 4.90 Å². The van der Waals surface area contributed by atoms with Crippen LogP contribution in [0.15, 0.2) is 205 Å². The van der Waals surface area contributed by atoms with Gasteiger partial charge in [-0.05, 0) is 103 Å². The maximum Gasteiger partial charge on any atom is 0.136 e.